The molecule has 0 aromatic heterocycles. The molecule has 0 spiro atoms. The van der Waals surface area contributed by atoms with Crippen LogP contribution in [0.1, 0.15) is 17.5 Å². The first kappa shape index (κ1) is 21.2. The van der Waals surface area contributed by atoms with E-state index in [0.717, 1.165) is 5.56 Å². The van der Waals surface area contributed by atoms with E-state index in [2.05, 4.69) is 5.32 Å². The summed E-state index contributed by atoms with van der Waals surface area (Å²) < 4.78 is 5.34. The van der Waals surface area contributed by atoms with Gasteiger partial charge in [0, 0.05) is 19.4 Å². The largest absolute Gasteiger partial charge is 0.508 e. The van der Waals surface area contributed by atoms with Crippen LogP contribution in [-0.2, 0) is 20.8 Å². The molecule has 2 amide bonds. The SMILES string of the molecule is COc1ccc(C)cc1N1CC(C(=O)NC(Cc2ccc(O)cc2)C(=O)O)CC1=O. The van der Waals surface area contributed by atoms with Crippen molar-refractivity contribution in [3.05, 3.63) is 53.6 Å². The molecule has 8 heteroatoms. The third-order valence-corrected chi connectivity index (χ3v) is 5.11. The van der Waals surface area contributed by atoms with Gasteiger partial charge in [0.05, 0.1) is 18.7 Å². The van der Waals surface area contributed by atoms with Gasteiger partial charge >= 0.3 is 5.97 Å². The fourth-order valence-corrected chi connectivity index (χ4v) is 3.48. The second kappa shape index (κ2) is 8.86. The molecule has 0 saturated carbocycles. The van der Waals surface area contributed by atoms with Gasteiger partial charge in [0.1, 0.15) is 17.5 Å². The van der Waals surface area contributed by atoms with Crippen LogP contribution in [0.15, 0.2) is 42.5 Å². The highest BCUT2D eigenvalue weighted by atomic mass is 16.5. The second-order valence-electron chi connectivity index (χ2n) is 7.35. The Labute approximate surface area is 174 Å². The predicted octanol–water partition coefficient (Wildman–Crippen LogP) is 1.87. The van der Waals surface area contributed by atoms with Gasteiger partial charge in [0.15, 0.2) is 0 Å². The molecule has 2 unspecified atom stereocenters. The van der Waals surface area contributed by atoms with Crippen molar-refractivity contribution in [1.82, 2.24) is 5.32 Å². The summed E-state index contributed by atoms with van der Waals surface area (Å²) in [6, 6.07) is 10.4. The smallest absolute Gasteiger partial charge is 0.326 e. The lowest BCUT2D eigenvalue weighted by atomic mass is 10.0. The lowest BCUT2D eigenvalue weighted by Gasteiger charge is -2.21. The number of hydrogen-bond acceptors (Lipinski definition) is 5. The van der Waals surface area contributed by atoms with Crippen molar-refractivity contribution in [2.24, 2.45) is 5.92 Å². The molecule has 2 aromatic carbocycles. The average molecular weight is 412 g/mol. The number of aryl methyl sites for hydroxylation is 1. The third-order valence-electron chi connectivity index (χ3n) is 5.11. The van der Waals surface area contributed by atoms with Crippen LogP contribution in [0.4, 0.5) is 5.69 Å². The number of carbonyl (C=O) groups excluding carboxylic acids is 2. The molecule has 0 radical (unpaired) electrons. The second-order valence-corrected chi connectivity index (χ2v) is 7.35. The molecule has 3 rings (SSSR count). The molecule has 1 heterocycles. The van der Waals surface area contributed by atoms with Gasteiger partial charge in [-0.2, -0.15) is 0 Å². The molecule has 1 saturated heterocycles. The molecule has 2 atom stereocenters. The number of benzene rings is 2. The van der Waals surface area contributed by atoms with Gasteiger partial charge in [-0.05, 0) is 42.3 Å². The fraction of sp³-hybridized carbons (Fsp3) is 0.318. The van der Waals surface area contributed by atoms with Crippen molar-refractivity contribution in [2.75, 3.05) is 18.6 Å². The zero-order chi connectivity index (χ0) is 21.8. The lowest BCUT2D eigenvalue weighted by molar-refractivity contribution is -0.142. The number of hydrogen-bond donors (Lipinski definition) is 3. The van der Waals surface area contributed by atoms with E-state index in [4.69, 9.17) is 4.74 Å². The third kappa shape index (κ3) is 4.71. The van der Waals surface area contributed by atoms with Crippen molar-refractivity contribution in [3.63, 3.8) is 0 Å². The predicted molar refractivity (Wildman–Crippen MR) is 110 cm³/mol. The van der Waals surface area contributed by atoms with Crippen molar-refractivity contribution in [3.8, 4) is 11.5 Å². The monoisotopic (exact) mass is 412 g/mol. The number of carbonyl (C=O) groups is 3. The zero-order valence-corrected chi connectivity index (χ0v) is 16.8. The molecule has 1 aliphatic heterocycles. The van der Waals surface area contributed by atoms with Crippen molar-refractivity contribution < 1.29 is 29.3 Å². The summed E-state index contributed by atoms with van der Waals surface area (Å²) in [4.78, 5) is 38.4. The van der Waals surface area contributed by atoms with Crippen LogP contribution in [0, 0.1) is 12.8 Å². The summed E-state index contributed by atoms with van der Waals surface area (Å²) in [5.41, 5.74) is 2.21. The van der Waals surface area contributed by atoms with Crippen LogP contribution in [0.5, 0.6) is 11.5 Å². The normalized spacial score (nSPS) is 16.9. The van der Waals surface area contributed by atoms with Crippen LogP contribution >= 0.6 is 0 Å². The van der Waals surface area contributed by atoms with Crippen LogP contribution < -0.4 is 15.0 Å². The van der Waals surface area contributed by atoms with Crippen molar-refractivity contribution in [2.45, 2.75) is 25.8 Å². The maximum Gasteiger partial charge on any atom is 0.326 e. The van der Waals surface area contributed by atoms with Gasteiger partial charge in [-0.3, -0.25) is 9.59 Å². The summed E-state index contributed by atoms with van der Waals surface area (Å²) in [5.74, 6) is -1.92. The molecule has 0 aliphatic carbocycles. The average Bonchev–Trinajstić information content (AvgIpc) is 3.10. The highest BCUT2D eigenvalue weighted by Gasteiger charge is 2.37. The van der Waals surface area contributed by atoms with E-state index in [9.17, 15) is 24.6 Å². The number of nitrogens with zero attached hydrogens (tertiary/aromatic N) is 1. The minimum absolute atomic E-state index is 0.00548. The molecular formula is C22H24N2O6. The van der Waals surface area contributed by atoms with E-state index in [1.54, 1.807) is 18.2 Å². The van der Waals surface area contributed by atoms with E-state index in [1.165, 1.54) is 24.1 Å². The van der Waals surface area contributed by atoms with E-state index >= 15 is 0 Å². The number of aliphatic carboxylic acids is 1. The maximum absolute atomic E-state index is 12.7. The number of carboxylic acids is 1. The Kier molecular flexibility index (Phi) is 6.25. The Bertz CT molecular complexity index is 957. The van der Waals surface area contributed by atoms with Crippen LogP contribution in [0.25, 0.3) is 0 Å². The number of aromatic hydroxyl groups is 1. The Morgan fingerprint density at radius 1 is 1.23 bits per heavy atom. The van der Waals surface area contributed by atoms with Gasteiger partial charge < -0.3 is 25.2 Å². The number of amides is 2. The number of rotatable bonds is 7. The van der Waals surface area contributed by atoms with Crippen molar-refractivity contribution in [1.29, 1.82) is 0 Å². The molecule has 0 bridgehead atoms. The summed E-state index contributed by atoms with van der Waals surface area (Å²) in [7, 11) is 1.51. The number of nitrogens with one attached hydrogen (secondary N) is 1. The standard InChI is InChI=1S/C22H24N2O6/c1-13-3-8-19(30-2)18(9-13)24-12-15(11-20(24)26)21(27)23-17(22(28)29)10-14-4-6-16(25)7-5-14/h3-9,15,17,25H,10-12H2,1-2H3,(H,23,27)(H,28,29). The summed E-state index contributed by atoms with van der Waals surface area (Å²) in [6.07, 6.45) is 0.0614. The zero-order valence-electron chi connectivity index (χ0n) is 16.8. The van der Waals surface area contributed by atoms with Gasteiger partial charge in [-0.25, -0.2) is 4.79 Å². The molecule has 30 heavy (non-hydrogen) atoms. The van der Waals surface area contributed by atoms with Crippen LogP contribution in [0.3, 0.4) is 0 Å². The van der Waals surface area contributed by atoms with Gasteiger partial charge in [-0.15, -0.1) is 0 Å². The molecule has 1 aliphatic rings. The molecule has 3 N–H and O–H groups in total. The number of phenolic OH excluding ortho intramolecular Hbond substituents is 1. The van der Waals surface area contributed by atoms with E-state index in [0.29, 0.717) is 17.0 Å². The quantitative estimate of drug-likeness (QED) is 0.639. The van der Waals surface area contributed by atoms with E-state index in [-0.39, 0.29) is 31.0 Å². The Hall–Kier alpha value is -3.55. The Morgan fingerprint density at radius 3 is 2.57 bits per heavy atom. The van der Waals surface area contributed by atoms with E-state index in [1.807, 2.05) is 19.1 Å². The summed E-state index contributed by atoms with van der Waals surface area (Å²) in [5, 5.41) is 21.4. The first-order valence-electron chi connectivity index (χ1n) is 9.54. The molecule has 8 nitrogen and oxygen atoms in total. The Balaban J connectivity index is 1.70. The van der Waals surface area contributed by atoms with Crippen LogP contribution in [0.2, 0.25) is 0 Å². The lowest BCUT2D eigenvalue weighted by Crippen LogP contribution is -2.45. The fourth-order valence-electron chi connectivity index (χ4n) is 3.48. The minimum Gasteiger partial charge on any atom is -0.508 e. The number of ether oxygens (including phenoxy) is 1. The molecule has 2 aromatic rings. The number of phenols is 1. The number of carboxylic acid groups (broad SMARTS) is 1. The molecule has 158 valence electrons. The van der Waals surface area contributed by atoms with Gasteiger partial charge in [0.25, 0.3) is 0 Å². The first-order chi connectivity index (χ1) is 14.3. The maximum atomic E-state index is 12.7. The van der Waals surface area contributed by atoms with Gasteiger partial charge in [-0.1, -0.05) is 18.2 Å². The van der Waals surface area contributed by atoms with Gasteiger partial charge in [0.2, 0.25) is 11.8 Å². The highest BCUT2D eigenvalue weighted by molar-refractivity contribution is 6.01. The molecular weight excluding hydrogens is 388 g/mol. The number of anilines is 1. The Morgan fingerprint density at radius 2 is 1.93 bits per heavy atom. The summed E-state index contributed by atoms with van der Waals surface area (Å²) in [6.45, 7) is 2.05. The minimum atomic E-state index is -1.17. The number of methoxy groups -OCH3 is 1. The summed E-state index contributed by atoms with van der Waals surface area (Å²) >= 11 is 0. The molecule has 1 fully saturated rings. The van der Waals surface area contributed by atoms with Crippen LogP contribution in [-0.4, -0.2) is 47.7 Å². The first-order valence-corrected chi connectivity index (χ1v) is 9.54. The highest BCUT2D eigenvalue weighted by Crippen LogP contribution is 2.34. The van der Waals surface area contributed by atoms with E-state index < -0.39 is 23.8 Å². The van der Waals surface area contributed by atoms with Crippen molar-refractivity contribution >= 4 is 23.5 Å². The topological polar surface area (TPSA) is 116 Å².